The summed E-state index contributed by atoms with van der Waals surface area (Å²) in [6.45, 7) is 3.32. The van der Waals surface area contributed by atoms with Gasteiger partial charge in [0.1, 0.15) is 0 Å². The van der Waals surface area contributed by atoms with Gasteiger partial charge in [0.25, 0.3) is 0 Å². The van der Waals surface area contributed by atoms with Crippen molar-refractivity contribution in [3.05, 3.63) is 29.8 Å². The maximum absolute atomic E-state index is 5.97. The Balaban J connectivity index is 1.73. The number of rotatable bonds is 3. The first-order valence-corrected chi connectivity index (χ1v) is 7.91. The molecule has 104 valence electrons. The predicted molar refractivity (Wildman–Crippen MR) is 81.5 cm³/mol. The number of para-hydroxylation sites is 1. The summed E-state index contributed by atoms with van der Waals surface area (Å²) in [4.78, 5) is 2.62. The summed E-state index contributed by atoms with van der Waals surface area (Å²) in [5, 5.41) is 0. The molecule has 0 saturated heterocycles. The highest BCUT2D eigenvalue weighted by atomic mass is 15.1. The van der Waals surface area contributed by atoms with Gasteiger partial charge in [0.15, 0.2) is 0 Å². The fourth-order valence-corrected chi connectivity index (χ4v) is 3.92. The van der Waals surface area contributed by atoms with Crippen molar-refractivity contribution >= 4 is 5.69 Å². The number of fused-ring (bicyclic) bond motifs is 1. The van der Waals surface area contributed by atoms with Crippen LogP contribution in [0, 0.1) is 11.8 Å². The van der Waals surface area contributed by atoms with E-state index in [1.165, 1.54) is 62.9 Å². The fraction of sp³-hybridized carbons (Fsp3) is 0.647. The molecule has 19 heavy (non-hydrogen) atoms. The van der Waals surface area contributed by atoms with Gasteiger partial charge >= 0.3 is 0 Å². The van der Waals surface area contributed by atoms with Crippen LogP contribution in [0.5, 0.6) is 0 Å². The van der Waals surface area contributed by atoms with E-state index >= 15 is 0 Å². The first kappa shape index (κ1) is 13.0. The monoisotopic (exact) mass is 258 g/mol. The molecule has 3 rings (SSSR count). The number of aryl methyl sites for hydroxylation is 1. The smallest absolute Gasteiger partial charge is 0.0398 e. The maximum atomic E-state index is 5.97. The topological polar surface area (TPSA) is 29.3 Å². The molecule has 2 heteroatoms. The molecule has 1 aliphatic heterocycles. The Labute approximate surface area is 117 Å². The highest BCUT2D eigenvalue weighted by Crippen LogP contribution is 2.33. The lowest BCUT2D eigenvalue weighted by Crippen LogP contribution is -2.39. The van der Waals surface area contributed by atoms with Crippen LogP contribution in [0.1, 0.15) is 37.7 Å². The van der Waals surface area contributed by atoms with Gasteiger partial charge in [-0.15, -0.1) is 0 Å². The van der Waals surface area contributed by atoms with E-state index in [9.17, 15) is 0 Å². The first-order valence-electron chi connectivity index (χ1n) is 7.91. The highest BCUT2D eigenvalue weighted by molar-refractivity contribution is 5.55. The summed E-state index contributed by atoms with van der Waals surface area (Å²) in [5.74, 6) is 1.56. The lowest BCUT2D eigenvalue weighted by Gasteiger charge is -2.38. The molecule has 2 N–H and O–H groups in total. The quantitative estimate of drug-likeness (QED) is 0.902. The second kappa shape index (κ2) is 5.96. The van der Waals surface area contributed by atoms with Gasteiger partial charge in [0, 0.05) is 18.8 Å². The number of anilines is 1. The van der Waals surface area contributed by atoms with Crippen LogP contribution in [-0.2, 0) is 6.42 Å². The Morgan fingerprint density at radius 3 is 2.68 bits per heavy atom. The van der Waals surface area contributed by atoms with Gasteiger partial charge in [0.2, 0.25) is 0 Å². The van der Waals surface area contributed by atoms with Crippen LogP contribution in [0.4, 0.5) is 5.69 Å². The summed E-state index contributed by atoms with van der Waals surface area (Å²) in [6, 6.07) is 8.95. The van der Waals surface area contributed by atoms with Crippen molar-refractivity contribution in [2.45, 2.75) is 38.5 Å². The van der Waals surface area contributed by atoms with Crippen LogP contribution in [0.3, 0.4) is 0 Å². The number of nitrogens with zero attached hydrogens (tertiary/aromatic N) is 1. The van der Waals surface area contributed by atoms with E-state index in [1.54, 1.807) is 0 Å². The van der Waals surface area contributed by atoms with E-state index in [-0.39, 0.29) is 0 Å². The molecule has 1 saturated carbocycles. The molecule has 0 radical (unpaired) electrons. The molecule has 2 atom stereocenters. The van der Waals surface area contributed by atoms with Gasteiger partial charge in [-0.2, -0.15) is 0 Å². The van der Waals surface area contributed by atoms with Gasteiger partial charge in [-0.25, -0.2) is 0 Å². The van der Waals surface area contributed by atoms with Crippen LogP contribution in [0.15, 0.2) is 24.3 Å². The minimum Gasteiger partial charge on any atom is -0.371 e. The third-order valence-electron chi connectivity index (χ3n) is 5.03. The minimum absolute atomic E-state index is 0.753. The van der Waals surface area contributed by atoms with Crippen LogP contribution < -0.4 is 10.6 Å². The standard InChI is InChI=1S/C17H26N2/c18-12-15-7-1-2-8-16(15)13-19-11-5-9-14-6-3-4-10-17(14)19/h3-4,6,10,15-16H,1-2,5,7-9,11-13,18H2. The zero-order valence-electron chi connectivity index (χ0n) is 11.9. The fourth-order valence-electron chi connectivity index (χ4n) is 3.92. The molecule has 2 unspecified atom stereocenters. The summed E-state index contributed by atoms with van der Waals surface area (Å²) in [6.07, 6.45) is 8.05. The van der Waals surface area contributed by atoms with Crippen LogP contribution >= 0.6 is 0 Å². The van der Waals surface area contributed by atoms with Crippen molar-refractivity contribution in [3.8, 4) is 0 Å². The lowest BCUT2D eigenvalue weighted by atomic mass is 9.78. The van der Waals surface area contributed by atoms with E-state index < -0.39 is 0 Å². The van der Waals surface area contributed by atoms with Crippen molar-refractivity contribution in [1.82, 2.24) is 0 Å². The Bertz CT molecular complexity index is 415. The van der Waals surface area contributed by atoms with Gasteiger partial charge < -0.3 is 10.6 Å². The van der Waals surface area contributed by atoms with Crippen molar-refractivity contribution < 1.29 is 0 Å². The Kier molecular flexibility index (Phi) is 4.07. The zero-order valence-corrected chi connectivity index (χ0v) is 11.9. The number of benzene rings is 1. The largest absolute Gasteiger partial charge is 0.371 e. The first-order chi connectivity index (χ1) is 9.38. The van der Waals surface area contributed by atoms with Crippen molar-refractivity contribution in [1.29, 1.82) is 0 Å². The van der Waals surface area contributed by atoms with Crippen molar-refractivity contribution in [3.63, 3.8) is 0 Å². The second-order valence-corrected chi connectivity index (χ2v) is 6.22. The van der Waals surface area contributed by atoms with E-state index in [2.05, 4.69) is 29.2 Å². The molecular weight excluding hydrogens is 232 g/mol. The minimum atomic E-state index is 0.753. The second-order valence-electron chi connectivity index (χ2n) is 6.22. The number of hydrogen-bond acceptors (Lipinski definition) is 2. The lowest BCUT2D eigenvalue weighted by molar-refractivity contribution is 0.245. The van der Waals surface area contributed by atoms with E-state index in [0.29, 0.717) is 0 Å². The molecule has 1 fully saturated rings. The molecule has 1 aliphatic carbocycles. The zero-order chi connectivity index (χ0) is 13.1. The number of hydrogen-bond donors (Lipinski definition) is 1. The van der Waals surface area contributed by atoms with E-state index in [1.807, 2.05) is 0 Å². The SMILES string of the molecule is NCC1CCCCC1CN1CCCc2ccccc21. The normalized spacial score (nSPS) is 27.1. The molecule has 0 amide bonds. The summed E-state index contributed by atoms with van der Waals surface area (Å²) < 4.78 is 0. The molecule has 1 heterocycles. The third-order valence-corrected chi connectivity index (χ3v) is 5.03. The van der Waals surface area contributed by atoms with Crippen LogP contribution in [-0.4, -0.2) is 19.6 Å². The molecule has 2 nitrogen and oxygen atoms in total. The highest BCUT2D eigenvalue weighted by Gasteiger charge is 2.27. The van der Waals surface area contributed by atoms with Crippen molar-refractivity contribution in [2.24, 2.45) is 17.6 Å². The molecule has 1 aromatic carbocycles. The van der Waals surface area contributed by atoms with Gasteiger partial charge in [-0.1, -0.05) is 31.0 Å². The number of nitrogens with two attached hydrogens (primary N) is 1. The Hall–Kier alpha value is -1.02. The summed E-state index contributed by atoms with van der Waals surface area (Å²) in [7, 11) is 0. The average Bonchev–Trinajstić information content (AvgIpc) is 2.48. The molecule has 0 aromatic heterocycles. The summed E-state index contributed by atoms with van der Waals surface area (Å²) >= 11 is 0. The predicted octanol–water partition coefficient (Wildman–Crippen LogP) is 3.20. The van der Waals surface area contributed by atoms with E-state index in [0.717, 1.165) is 18.4 Å². The maximum Gasteiger partial charge on any atom is 0.0398 e. The average molecular weight is 258 g/mol. The molecule has 1 aromatic rings. The van der Waals surface area contributed by atoms with Crippen LogP contribution in [0.2, 0.25) is 0 Å². The van der Waals surface area contributed by atoms with E-state index in [4.69, 9.17) is 5.73 Å². The molecular formula is C17H26N2. The molecule has 0 spiro atoms. The van der Waals surface area contributed by atoms with Gasteiger partial charge in [-0.3, -0.25) is 0 Å². The summed E-state index contributed by atoms with van der Waals surface area (Å²) in [5.41, 5.74) is 8.99. The third kappa shape index (κ3) is 2.79. The van der Waals surface area contributed by atoms with Gasteiger partial charge in [0.05, 0.1) is 0 Å². The molecule has 0 bridgehead atoms. The van der Waals surface area contributed by atoms with Gasteiger partial charge in [-0.05, 0) is 55.7 Å². The van der Waals surface area contributed by atoms with Crippen molar-refractivity contribution in [2.75, 3.05) is 24.5 Å². The molecule has 2 aliphatic rings. The van der Waals surface area contributed by atoms with Crippen LogP contribution in [0.25, 0.3) is 0 Å². The Morgan fingerprint density at radius 1 is 1.05 bits per heavy atom. The Morgan fingerprint density at radius 2 is 1.84 bits per heavy atom.